The third-order valence-electron chi connectivity index (χ3n) is 4.95. The molecule has 3 heterocycles. The van der Waals surface area contributed by atoms with Gasteiger partial charge < -0.3 is 19.7 Å². The monoisotopic (exact) mass is 358 g/mol. The van der Waals surface area contributed by atoms with Gasteiger partial charge in [0.15, 0.2) is 0 Å². The summed E-state index contributed by atoms with van der Waals surface area (Å²) in [5, 5.41) is 7.37. The highest BCUT2D eigenvalue weighted by molar-refractivity contribution is 7.07. The molecule has 1 saturated heterocycles. The van der Waals surface area contributed by atoms with E-state index in [0.29, 0.717) is 6.61 Å². The molecule has 6 heteroatoms. The molecule has 2 aromatic rings. The molecule has 2 atom stereocenters. The molecule has 1 aromatic carbocycles. The number of carbonyl (C=O) groups is 1. The van der Waals surface area contributed by atoms with Crippen molar-refractivity contribution in [3.63, 3.8) is 0 Å². The van der Waals surface area contributed by atoms with Crippen LogP contribution in [-0.4, -0.2) is 37.2 Å². The van der Waals surface area contributed by atoms with E-state index >= 15 is 0 Å². The number of methoxy groups -OCH3 is 1. The Hall–Kier alpha value is -2.21. The molecular weight excluding hydrogens is 336 g/mol. The minimum atomic E-state index is -0.00267. The van der Waals surface area contributed by atoms with Crippen molar-refractivity contribution in [1.82, 2.24) is 10.2 Å². The number of benzene rings is 1. The molecular formula is C19H22N2O3S. The molecule has 0 aliphatic carbocycles. The smallest absolute Gasteiger partial charge is 0.318 e. The summed E-state index contributed by atoms with van der Waals surface area (Å²) in [5.41, 5.74) is 2.35. The first-order valence-corrected chi connectivity index (χ1v) is 9.58. The molecule has 1 aromatic heterocycles. The number of nitrogens with one attached hydrogen (secondary N) is 1. The van der Waals surface area contributed by atoms with E-state index < -0.39 is 0 Å². The van der Waals surface area contributed by atoms with Crippen LogP contribution in [0.3, 0.4) is 0 Å². The maximum Gasteiger partial charge on any atom is 0.318 e. The van der Waals surface area contributed by atoms with Gasteiger partial charge in [-0.1, -0.05) is 6.07 Å². The van der Waals surface area contributed by atoms with Crippen LogP contribution in [0.2, 0.25) is 0 Å². The van der Waals surface area contributed by atoms with Crippen LogP contribution < -0.4 is 14.8 Å². The van der Waals surface area contributed by atoms with Gasteiger partial charge in [-0.05, 0) is 53.3 Å². The van der Waals surface area contributed by atoms with E-state index in [1.54, 1.807) is 18.4 Å². The van der Waals surface area contributed by atoms with Gasteiger partial charge in [-0.25, -0.2) is 4.79 Å². The molecule has 2 amide bonds. The van der Waals surface area contributed by atoms with Crippen LogP contribution in [-0.2, 0) is 6.42 Å². The lowest BCUT2D eigenvalue weighted by molar-refractivity contribution is 0.176. The average Bonchev–Trinajstić information content (AvgIpc) is 3.32. The van der Waals surface area contributed by atoms with Crippen molar-refractivity contribution in [3.8, 4) is 11.5 Å². The number of hydrogen-bond acceptors (Lipinski definition) is 4. The zero-order valence-electron chi connectivity index (χ0n) is 14.2. The summed E-state index contributed by atoms with van der Waals surface area (Å²) >= 11 is 1.68. The van der Waals surface area contributed by atoms with E-state index in [-0.39, 0.29) is 18.1 Å². The van der Waals surface area contributed by atoms with Gasteiger partial charge in [-0.3, -0.25) is 0 Å². The predicted octanol–water partition coefficient (Wildman–Crippen LogP) is 3.61. The Balaban J connectivity index is 1.41. The minimum absolute atomic E-state index is 0.00267. The number of thiophene rings is 1. The number of rotatable bonds is 3. The number of nitrogens with zero attached hydrogens (tertiary/aromatic N) is 1. The fraction of sp³-hybridized carbons (Fsp3) is 0.421. The standard InChI is InChI=1S/C19H22N2O3S/c1-23-16-5-4-13-9-15(11-24-18(13)10-16)20-19(22)21-7-2-3-17(21)14-6-8-25-12-14/h4-6,8,10,12,15,17H,2-3,7,9,11H2,1H3,(H,20,22). The van der Waals surface area contributed by atoms with Crippen LogP contribution in [0, 0.1) is 0 Å². The van der Waals surface area contributed by atoms with Gasteiger partial charge in [0.2, 0.25) is 0 Å². The maximum absolute atomic E-state index is 12.8. The molecule has 0 radical (unpaired) electrons. The van der Waals surface area contributed by atoms with Crippen LogP contribution >= 0.6 is 11.3 Å². The summed E-state index contributed by atoms with van der Waals surface area (Å²) in [7, 11) is 1.65. The fourth-order valence-corrected chi connectivity index (χ4v) is 4.36. The topological polar surface area (TPSA) is 50.8 Å². The molecule has 132 valence electrons. The number of carbonyl (C=O) groups excluding carboxylic acids is 1. The maximum atomic E-state index is 12.8. The van der Waals surface area contributed by atoms with Gasteiger partial charge in [-0.15, -0.1) is 0 Å². The number of likely N-dealkylation sites (tertiary alicyclic amines) is 1. The minimum Gasteiger partial charge on any atom is -0.497 e. The zero-order valence-corrected chi connectivity index (χ0v) is 15.1. The summed E-state index contributed by atoms with van der Waals surface area (Å²) in [6.07, 6.45) is 2.87. The molecule has 2 unspecified atom stereocenters. The number of ether oxygens (including phenoxy) is 2. The average molecular weight is 358 g/mol. The number of hydrogen-bond donors (Lipinski definition) is 1. The lowest BCUT2D eigenvalue weighted by Crippen LogP contribution is -2.48. The highest BCUT2D eigenvalue weighted by Gasteiger charge is 2.32. The van der Waals surface area contributed by atoms with Crippen LogP contribution in [0.5, 0.6) is 11.5 Å². The predicted molar refractivity (Wildman–Crippen MR) is 97.5 cm³/mol. The van der Waals surface area contributed by atoms with Crippen LogP contribution in [0.4, 0.5) is 4.79 Å². The SMILES string of the molecule is COc1ccc2c(c1)OCC(NC(=O)N1CCCC1c1ccsc1)C2. The number of fused-ring (bicyclic) bond motifs is 1. The van der Waals surface area contributed by atoms with Crippen molar-refractivity contribution in [2.24, 2.45) is 0 Å². The Kier molecular flexibility index (Phi) is 4.53. The Bertz CT molecular complexity index is 747. The van der Waals surface area contributed by atoms with E-state index in [0.717, 1.165) is 42.9 Å². The fourth-order valence-electron chi connectivity index (χ4n) is 3.65. The van der Waals surface area contributed by atoms with Crippen LogP contribution in [0.1, 0.15) is 30.0 Å². The molecule has 2 aliphatic rings. The third kappa shape index (κ3) is 3.31. The van der Waals surface area contributed by atoms with Crippen LogP contribution in [0.15, 0.2) is 35.0 Å². The largest absolute Gasteiger partial charge is 0.497 e. The van der Waals surface area contributed by atoms with E-state index in [4.69, 9.17) is 9.47 Å². The summed E-state index contributed by atoms with van der Waals surface area (Å²) in [4.78, 5) is 14.7. The number of urea groups is 1. The normalized spacial score (nSPS) is 22.2. The summed E-state index contributed by atoms with van der Waals surface area (Å²) in [6.45, 7) is 1.30. The highest BCUT2D eigenvalue weighted by Crippen LogP contribution is 2.33. The summed E-state index contributed by atoms with van der Waals surface area (Å²) < 4.78 is 11.1. The van der Waals surface area contributed by atoms with Crippen molar-refractivity contribution in [3.05, 3.63) is 46.2 Å². The molecule has 0 bridgehead atoms. The van der Waals surface area contributed by atoms with Crippen molar-refractivity contribution in [1.29, 1.82) is 0 Å². The first-order valence-electron chi connectivity index (χ1n) is 8.63. The lowest BCUT2D eigenvalue weighted by atomic mass is 10.0. The first kappa shape index (κ1) is 16.3. The van der Waals surface area contributed by atoms with Crippen LogP contribution in [0.25, 0.3) is 0 Å². The van der Waals surface area contributed by atoms with E-state index in [1.165, 1.54) is 5.56 Å². The molecule has 25 heavy (non-hydrogen) atoms. The van der Waals surface area contributed by atoms with Crippen molar-refractivity contribution in [2.75, 3.05) is 20.3 Å². The van der Waals surface area contributed by atoms with Gasteiger partial charge in [0.05, 0.1) is 19.2 Å². The molecule has 5 nitrogen and oxygen atoms in total. The third-order valence-corrected chi connectivity index (χ3v) is 5.65. The Labute approximate surface area is 151 Å². The molecule has 2 aliphatic heterocycles. The Morgan fingerprint density at radius 1 is 1.40 bits per heavy atom. The Morgan fingerprint density at radius 3 is 3.12 bits per heavy atom. The van der Waals surface area contributed by atoms with Crippen molar-refractivity contribution in [2.45, 2.75) is 31.3 Å². The van der Waals surface area contributed by atoms with Gasteiger partial charge in [0.1, 0.15) is 18.1 Å². The molecule has 0 spiro atoms. The lowest BCUT2D eigenvalue weighted by Gasteiger charge is -2.30. The quantitative estimate of drug-likeness (QED) is 0.912. The highest BCUT2D eigenvalue weighted by atomic mass is 32.1. The second-order valence-electron chi connectivity index (χ2n) is 6.54. The Morgan fingerprint density at radius 2 is 2.32 bits per heavy atom. The van der Waals surface area contributed by atoms with E-state index in [2.05, 4.69) is 22.1 Å². The van der Waals surface area contributed by atoms with E-state index in [1.807, 2.05) is 23.1 Å². The summed E-state index contributed by atoms with van der Waals surface area (Å²) in [5.74, 6) is 1.64. The van der Waals surface area contributed by atoms with Crippen molar-refractivity contribution >= 4 is 17.4 Å². The first-order chi connectivity index (χ1) is 12.2. The van der Waals surface area contributed by atoms with Gasteiger partial charge in [0.25, 0.3) is 0 Å². The van der Waals surface area contributed by atoms with Crippen molar-refractivity contribution < 1.29 is 14.3 Å². The molecule has 0 saturated carbocycles. The summed E-state index contributed by atoms with van der Waals surface area (Å²) in [6, 6.07) is 8.17. The molecule has 4 rings (SSSR count). The molecule has 1 fully saturated rings. The van der Waals surface area contributed by atoms with Gasteiger partial charge in [-0.2, -0.15) is 11.3 Å². The zero-order chi connectivity index (χ0) is 17.2. The second-order valence-corrected chi connectivity index (χ2v) is 7.32. The van der Waals surface area contributed by atoms with E-state index in [9.17, 15) is 4.79 Å². The van der Waals surface area contributed by atoms with Gasteiger partial charge >= 0.3 is 6.03 Å². The second kappa shape index (κ2) is 6.96. The van der Waals surface area contributed by atoms with Gasteiger partial charge in [0, 0.05) is 12.6 Å². The molecule has 1 N–H and O–H groups in total. The number of amides is 2.